The molecule has 0 unspecified atom stereocenters. The number of carbonyl (C=O) groups is 3. The topological polar surface area (TPSA) is 68.6 Å². The summed E-state index contributed by atoms with van der Waals surface area (Å²) in [5, 5.41) is 0. The van der Waals surface area contributed by atoms with E-state index in [9.17, 15) is 14.4 Å². The summed E-state index contributed by atoms with van der Waals surface area (Å²) in [5.41, 5.74) is 2.18. The number of Topliss-reactive ketones (excluding diaryl/α,β-unsaturated/α-hetero) is 1. The molecule has 0 saturated heterocycles. The van der Waals surface area contributed by atoms with Gasteiger partial charge in [-0.05, 0) is 32.3 Å². The summed E-state index contributed by atoms with van der Waals surface area (Å²) in [6, 6.07) is 0. The maximum Gasteiger partial charge on any atom is 0.354 e. The average molecular weight is 362 g/mol. The Bertz CT molecular complexity index is 701. The van der Waals surface area contributed by atoms with Gasteiger partial charge in [0.1, 0.15) is 5.69 Å². The number of carbonyl (C=O) groups excluding carboxylic acids is 3. The van der Waals surface area contributed by atoms with Crippen molar-refractivity contribution in [1.82, 2.24) is 9.47 Å². The van der Waals surface area contributed by atoms with Gasteiger partial charge < -0.3 is 14.2 Å². The van der Waals surface area contributed by atoms with Crippen LogP contribution in [0.2, 0.25) is 0 Å². The molecule has 0 aliphatic carbocycles. The lowest BCUT2D eigenvalue weighted by atomic mass is 10.0. The van der Waals surface area contributed by atoms with Crippen LogP contribution in [0, 0.1) is 19.8 Å². The van der Waals surface area contributed by atoms with Gasteiger partial charge in [0.15, 0.2) is 5.78 Å². The van der Waals surface area contributed by atoms with E-state index in [0.29, 0.717) is 42.0 Å². The molecule has 6 nitrogen and oxygen atoms in total. The smallest absolute Gasteiger partial charge is 0.354 e. The minimum absolute atomic E-state index is 0.0341. The molecule has 1 rings (SSSR count). The number of methoxy groups -OCH3 is 1. The van der Waals surface area contributed by atoms with Gasteiger partial charge in [-0.25, -0.2) is 4.79 Å². The van der Waals surface area contributed by atoms with Crippen molar-refractivity contribution >= 4 is 17.7 Å². The van der Waals surface area contributed by atoms with Crippen LogP contribution in [0.1, 0.15) is 59.3 Å². The molecule has 0 bridgehead atoms. The highest BCUT2D eigenvalue weighted by Crippen LogP contribution is 2.24. The predicted octanol–water partition coefficient (Wildman–Crippen LogP) is 3.15. The second-order valence-corrected chi connectivity index (χ2v) is 6.75. The summed E-state index contributed by atoms with van der Waals surface area (Å²) >= 11 is 0. The molecular formula is C20H30N2O4. The molecule has 0 fully saturated rings. The molecule has 0 saturated carbocycles. The van der Waals surface area contributed by atoms with Crippen molar-refractivity contribution in [2.24, 2.45) is 5.92 Å². The lowest BCUT2D eigenvalue weighted by Gasteiger charge is -2.21. The minimum atomic E-state index is -0.467. The third kappa shape index (κ3) is 4.62. The number of ether oxygens (including phenoxy) is 1. The van der Waals surface area contributed by atoms with Gasteiger partial charge in [-0.3, -0.25) is 9.59 Å². The first-order valence-electron chi connectivity index (χ1n) is 8.89. The molecule has 0 aromatic carbocycles. The first kappa shape index (κ1) is 21.7. The van der Waals surface area contributed by atoms with E-state index in [1.807, 2.05) is 27.7 Å². The van der Waals surface area contributed by atoms with Crippen LogP contribution in [0.5, 0.6) is 0 Å². The molecule has 26 heavy (non-hydrogen) atoms. The van der Waals surface area contributed by atoms with Gasteiger partial charge in [0.25, 0.3) is 0 Å². The third-order valence-electron chi connectivity index (χ3n) is 4.36. The lowest BCUT2D eigenvalue weighted by molar-refractivity contribution is -0.131. The number of nitrogens with zero attached hydrogens (tertiary/aromatic N) is 2. The van der Waals surface area contributed by atoms with Crippen LogP contribution >= 0.6 is 0 Å². The Kier molecular flexibility index (Phi) is 7.80. The van der Waals surface area contributed by atoms with Crippen molar-refractivity contribution in [2.45, 2.75) is 47.6 Å². The van der Waals surface area contributed by atoms with E-state index in [-0.39, 0.29) is 24.2 Å². The molecule has 0 aliphatic heterocycles. The molecule has 0 spiro atoms. The molecule has 0 radical (unpaired) electrons. The van der Waals surface area contributed by atoms with Crippen LogP contribution in [0.4, 0.5) is 0 Å². The number of rotatable bonds is 9. The van der Waals surface area contributed by atoms with Gasteiger partial charge in [0, 0.05) is 30.8 Å². The highest BCUT2D eigenvalue weighted by Gasteiger charge is 2.28. The van der Waals surface area contributed by atoms with Gasteiger partial charge >= 0.3 is 5.97 Å². The Morgan fingerprint density at radius 3 is 2.35 bits per heavy atom. The van der Waals surface area contributed by atoms with Gasteiger partial charge in [0.2, 0.25) is 5.91 Å². The second kappa shape index (κ2) is 9.36. The maximum atomic E-state index is 13.0. The highest BCUT2D eigenvalue weighted by molar-refractivity contribution is 6.04. The van der Waals surface area contributed by atoms with E-state index in [1.165, 1.54) is 12.0 Å². The third-order valence-corrected chi connectivity index (χ3v) is 4.36. The molecule has 0 atom stereocenters. The minimum Gasteiger partial charge on any atom is -0.464 e. The van der Waals surface area contributed by atoms with Crippen molar-refractivity contribution in [3.63, 3.8) is 0 Å². The Morgan fingerprint density at radius 2 is 1.88 bits per heavy atom. The van der Waals surface area contributed by atoms with Gasteiger partial charge in [-0.15, -0.1) is 6.58 Å². The van der Waals surface area contributed by atoms with Crippen molar-refractivity contribution in [1.29, 1.82) is 0 Å². The molecule has 6 heteroatoms. The number of hydrogen-bond donors (Lipinski definition) is 0. The SMILES string of the molecule is C=CCN(CC(=O)c1c(C)c(C(=O)OC)n(CC)c1C)C(=O)CC(C)C. The van der Waals surface area contributed by atoms with Crippen molar-refractivity contribution in [2.75, 3.05) is 20.2 Å². The Labute approximate surface area is 155 Å². The molecule has 1 aromatic rings. The van der Waals surface area contributed by atoms with E-state index in [2.05, 4.69) is 6.58 Å². The Balaban J connectivity index is 3.23. The lowest BCUT2D eigenvalue weighted by Crippen LogP contribution is -2.36. The molecule has 1 heterocycles. The second-order valence-electron chi connectivity index (χ2n) is 6.75. The quantitative estimate of drug-likeness (QED) is 0.384. The largest absolute Gasteiger partial charge is 0.464 e. The molecular weight excluding hydrogens is 332 g/mol. The fourth-order valence-corrected chi connectivity index (χ4v) is 3.20. The monoisotopic (exact) mass is 362 g/mol. The number of esters is 1. The van der Waals surface area contributed by atoms with Crippen LogP contribution < -0.4 is 0 Å². The zero-order chi connectivity index (χ0) is 20.0. The van der Waals surface area contributed by atoms with Crippen LogP contribution in [0.3, 0.4) is 0 Å². The molecule has 1 aromatic heterocycles. The Morgan fingerprint density at radius 1 is 1.27 bits per heavy atom. The Hall–Kier alpha value is -2.37. The number of hydrogen-bond acceptors (Lipinski definition) is 4. The first-order chi connectivity index (χ1) is 12.2. The van der Waals surface area contributed by atoms with Crippen LogP contribution in [-0.2, 0) is 16.1 Å². The molecule has 1 amide bonds. The van der Waals surface area contributed by atoms with E-state index in [4.69, 9.17) is 4.74 Å². The maximum absolute atomic E-state index is 13.0. The predicted molar refractivity (Wildman–Crippen MR) is 101 cm³/mol. The first-order valence-corrected chi connectivity index (χ1v) is 8.89. The number of amides is 1. The fraction of sp³-hybridized carbons (Fsp3) is 0.550. The van der Waals surface area contributed by atoms with Gasteiger partial charge in [-0.2, -0.15) is 0 Å². The van der Waals surface area contributed by atoms with Crippen molar-refractivity contribution in [3.05, 3.63) is 35.2 Å². The normalized spacial score (nSPS) is 10.7. The highest BCUT2D eigenvalue weighted by atomic mass is 16.5. The summed E-state index contributed by atoms with van der Waals surface area (Å²) in [5.74, 6) is -0.520. The summed E-state index contributed by atoms with van der Waals surface area (Å²) in [7, 11) is 1.32. The van der Waals surface area contributed by atoms with E-state index in [1.54, 1.807) is 17.6 Å². The van der Waals surface area contributed by atoms with E-state index in [0.717, 1.165) is 0 Å². The fourth-order valence-electron chi connectivity index (χ4n) is 3.20. The molecule has 0 N–H and O–H groups in total. The van der Waals surface area contributed by atoms with Crippen molar-refractivity contribution < 1.29 is 19.1 Å². The van der Waals surface area contributed by atoms with E-state index < -0.39 is 5.97 Å². The van der Waals surface area contributed by atoms with Gasteiger partial charge in [-0.1, -0.05) is 19.9 Å². The molecule has 144 valence electrons. The summed E-state index contributed by atoms with van der Waals surface area (Å²) in [4.78, 5) is 39.0. The zero-order valence-electron chi connectivity index (χ0n) is 16.7. The zero-order valence-corrected chi connectivity index (χ0v) is 16.7. The van der Waals surface area contributed by atoms with Crippen molar-refractivity contribution in [3.8, 4) is 0 Å². The van der Waals surface area contributed by atoms with Crippen LogP contribution in [0.25, 0.3) is 0 Å². The molecule has 0 aliphatic rings. The summed E-state index contributed by atoms with van der Waals surface area (Å²) < 4.78 is 6.64. The summed E-state index contributed by atoms with van der Waals surface area (Å²) in [6.07, 6.45) is 1.99. The standard InChI is InChI=1S/C20H30N2O4/c1-8-10-21(17(24)11-13(3)4)12-16(23)18-14(5)19(20(25)26-7)22(9-2)15(18)6/h8,13H,1,9-12H2,2-7H3. The van der Waals surface area contributed by atoms with Crippen LogP contribution in [0.15, 0.2) is 12.7 Å². The van der Waals surface area contributed by atoms with E-state index >= 15 is 0 Å². The summed E-state index contributed by atoms with van der Waals surface area (Å²) in [6.45, 7) is 13.9. The number of aromatic nitrogens is 1. The van der Waals surface area contributed by atoms with Gasteiger partial charge in [0.05, 0.1) is 13.7 Å². The number of ketones is 1. The van der Waals surface area contributed by atoms with Crippen LogP contribution in [-0.4, -0.2) is 47.3 Å². The average Bonchev–Trinajstić information content (AvgIpc) is 2.82.